The number of hydrogen-bond acceptors (Lipinski definition) is 4. The van der Waals surface area contributed by atoms with Crippen LogP contribution in [0.25, 0.3) is 0 Å². The van der Waals surface area contributed by atoms with E-state index < -0.39 is 5.91 Å². The van der Waals surface area contributed by atoms with Gasteiger partial charge in [0.1, 0.15) is 5.60 Å². The zero-order valence-corrected chi connectivity index (χ0v) is 17.2. The lowest BCUT2D eigenvalue weighted by Crippen LogP contribution is -2.59. The summed E-state index contributed by atoms with van der Waals surface area (Å²) in [6.45, 7) is 4.16. The molecule has 2 bridgehead atoms. The van der Waals surface area contributed by atoms with Crippen molar-refractivity contribution >= 4 is 18.3 Å². The van der Waals surface area contributed by atoms with Crippen LogP contribution in [0.3, 0.4) is 0 Å². The Balaban J connectivity index is 0.00000225. The van der Waals surface area contributed by atoms with Crippen LogP contribution in [0.15, 0.2) is 36.8 Å². The first-order valence-electron chi connectivity index (χ1n) is 9.74. The molecule has 1 aliphatic heterocycles. The average Bonchev–Trinajstić information content (AvgIpc) is 3.21. The molecule has 2 aromatic rings. The number of carbonyl (C=O) groups is 1. The highest BCUT2D eigenvalue weighted by Gasteiger charge is 2.53. The van der Waals surface area contributed by atoms with Crippen LogP contribution in [-0.2, 0) is 10.3 Å². The fourth-order valence-corrected chi connectivity index (χ4v) is 5.31. The van der Waals surface area contributed by atoms with Crippen LogP contribution < -0.4 is 5.73 Å². The predicted molar refractivity (Wildman–Crippen MR) is 110 cm³/mol. The molecule has 1 saturated carbocycles. The van der Waals surface area contributed by atoms with E-state index >= 15 is 0 Å². The molecule has 6 nitrogen and oxygen atoms in total. The molecule has 1 saturated heterocycles. The molecular weight excluding hydrogens is 376 g/mol. The van der Waals surface area contributed by atoms with Crippen LogP contribution in [0, 0.1) is 11.8 Å². The van der Waals surface area contributed by atoms with Gasteiger partial charge in [-0.25, -0.2) is 4.98 Å². The molecule has 152 valence electrons. The van der Waals surface area contributed by atoms with E-state index in [0.29, 0.717) is 23.4 Å². The van der Waals surface area contributed by atoms with E-state index in [1.807, 2.05) is 25.4 Å². The Labute approximate surface area is 172 Å². The first-order valence-corrected chi connectivity index (χ1v) is 9.74. The first-order chi connectivity index (χ1) is 13.1. The summed E-state index contributed by atoms with van der Waals surface area (Å²) in [5.41, 5.74) is 7.96. The number of rotatable bonds is 5. The number of piperidine rings is 1. The van der Waals surface area contributed by atoms with Crippen LogP contribution in [0.1, 0.15) is 53.8 Å². The van der Waals surface area contributed by atoms with E-state index in [-0.39, 0.29) is 18.0 Å². The van der Waals surface area contributed by atoms with Crippen LogP contribution in [0.5, 0.6) is 0 Å². The number of primary amides is 1. The number of carbonyl (C=O) groups excluding carboxylic acids is 1. The quantitative estimate of drug-likeness (QED) is 0.800. The Morgan fingerprint density at radius 1 is 1.36 bits per heavy atom. The van der Waals surface area contributed by atoms with Gasteiger partial charge in [0.05, 0.1) is 12.0 Å². The summed E-state index contributed by atoms with van der Waals surface area (Å²) < 4.78 is 6.29. The fraction of sp³-hybridized carbons (Fsp3) is 0.524. The minimum atomic E-state index is -0.390. The normalized spacial score (nSPS) is 28.4. The number of nitrogens with zero attached hydrogens (tertiary/aromatic N) is 2. The van der Waals surface area contributed by atoms with Crippen molar-refractivity contribution in [1.29, 1.82) is 0 Å². The number of halogens is 1. The molecule has 2 aliphatic rings. The van der Waals surface area contributed by atoms with Crippen molar-refractivity contribution in [2.45, 2.75) is 37.8 Å². The highest BCUT2D eigenvalue weighted by atomic mass is 35.5. The molecule has 28 heavy (non-hydrogen) atoms. The van der Waals surface area contributed by atoms with Gasteiger partial charge < -0.3 is 15.5 Å². The lowest BCUT2D eigenvalue weighted by Gasteiger charge is -2.56. The van der Waals surface area contributed by atoms with Gasteiger partial charge in [-0.3, -0.25) is 9.69 Å². The summed E-state index contributed by atoms with van der Waals surface area (Å²) >= 11 is 0. The Kier molecular flexibility index (Phi) is 6.12. The summed E-state index contributed by atoms with van der Waals surface area (Å²) in [6, 6.07) is 8.02. The topological polar surface area (TPSA) is 84.2 Å². The maximum atomic E-state index is 11.7. The van der Waals surface area contributed by atoms with Crippen LogP contribution >= 0.6 is 12.4 Å². The molecular formula is C21H29ClN4O2. The molecule has 1 aromatic heterocycles. The average molecular weight is 405 g/mol. The number of aromatic amines is 1. The van der Waals surface area contributed by atoms with Crippen molar-refractivity contribution in [3.63, 3.8) is 0 Å². The summed E-state index contributed by atoms with van der Waals surface area (Å²) in [7, 11) is 1.82. The molecule has 3 N–H and O–H groups in total. The van der Waals surface area contributed by atoms with E-state index in [2.05, 4.69) is 27.9 Å². The van der Waals surface area contributed by atoms with Gasteiger partial charge >= 0.3 is 0 Å². The number of H-pyrrole nitrogens is 1. The van der Waals surface area contributed by atoms with Crippen molar-refractivity contribution in [3.05, 3.63) is 53.6 Å². The second-order valence-corrected chi connectivity index (χ2v) is 7.90. The molecule has 1 aromatic carbocycles. The first kappa shape index (κ1) is 20.8. The minimum Gasteiger partial charge on any atom is -0.373 e. The lowest BCUT2D eigenvalue weighted by atomic mass is 9.62. The number of aromatic nitrogens is 2. The highest BCUT2D eigenvalue weighted by Crippen LogP contribution is 2.52. The third kappa shape index (κ3) is 3.34. The van der Waals surface area contributed by atoms with Gasteiger partial charge in [0.25, 0.3) is 0 Å². The molecule has 1 amide bonds. The summed E-state index contributed by atoms with van der Waals surface area (Å²) in [6.07, 6.45) is 7.12. The third-order valence-electron chi connectivity index (χ3n) is 6.68. The fourth-order valence-electron chi connectivity index (χ4n) is 5.31. The molecule has 4 rings (SSSR count). The Bertz CT molecular complexity index is 796. The Morgan fingerprint density at radius 3 is 2.64 bits per heavy atom. The number of fused-ring (bicyclic) bond motifs is 2. The van der Waals surface area contributed by atoms with Gasteiger partial charge in [-0.05, 0) is 37.5 Å². The van der Waals surface area contributed by atoms with Gasteiger partial charge in [-0.2, -0.15) is 0 Å². The van der Waals surface area contributed by atoms with E-state index in [0.717, 1.165) is 37.2 Å². The number of nitrogens with one attached hydrogen (secondary N) is 1. The van der Waals surface area contributed by atoms with Crippen molar-refractivity contribution in [1.82, 2.24) is 14.9 Å². The number of benzene rings is 1. The maximum absolute atomic E-state index is 11.7. The minimum absolute atomic E-state index is 0. The molecule has 4 atom stereocenters. The molecule has 0 unspecified atom stereocenters. The largest absolute Gasteiger partial charge is 0.373 e. The summed E-state index contributed by atoms with van der Waals surface area (Å²) in [5.74, 6) is 0.366. The van der Waals surface area contributed by atoms with Gasteiger partial charge in [0.15, 0.2) is 0 Å². The number of methoxy groups -OCH3 is 1. The Hall–Kier alpha value is -1.89. The predicted octanol–water partition coefficient (Wildman–Crippen LogP) is 3.27. The number of amides is 1. The van der Waals surface area contributed by atoms with E-state index in [1.165, 1.54) is 6.42 Å². The lowest BCUT2D eigenvalue weighted by molar-refractivity contribution is -0.174. The van der Waals surface area contributed by atoms with Crippen molar-refractivity contribution in [2.24, 2.45) is 17.6 Å². The van der Waals surface area contributed by atoms with E-state index in [4.69, 9.17) is 10.5 Å². The van der Waals surface area contributed by atoms with Gasteiger partial charge in [-0.15, -0.1) is 12.4 Å². The van der Waals surface area contributed by atoms with Gasteiger partial charge in [-0.1, -0.05) is 18.6 Å². The molecule has 2 fully saturated rings. The molecule has 0 spiro atoms. The van der Waals surface area contributed by atoms with Crippen molar-refractivity contribution < 1.29 is 9.53 Å². The summed E-state index contributed by atoms with van der Waals surface area (Å²) in [5, 5.41) is 0. The smallest absolute Gasteiger partial charge is 0.248 e. The van der Waals surface area contributed by atoms with Crippen molar-refractivity contribution in [3.8, 4) is 0 Å². The highest BCUT2D eigenvalue weighted by molar-refractivity contribution is 5.92. The monoisotopic (exact) mass is 404 g/mol. The Morgan fingerprint density at radius 2 is 2.07 bits per heavy atom. The second-order valence-electron chi connectivity index (χ2n) is 7.90. The number of imidazole rings is 1. The number of hydrogen-bond donors (Lipinski definition) is 2. The van der Waals surface area contributed by atoms with Gasteiger partial charge in [0.2, 0.25) is 5.91 Å². The maximum Gasteiger partial charge on any atom is 0.248 e. The molecule has 2 heterocycles. The van der Waals surface area contributed by atoms with Crippen LogP contribution in [0.2, 0.25) is 0 Å². The zero-order chi connectivity index (χ0) is 19.0. The number of likely N-dealkylation sites (tertiary alicyclic amines) is 1. The van der Waals surface area contributed by atoms with Crippen molar-refractivity contribution in [2.75, 3.05) is 20.2 Å². The molecule has 7 heteroatoms. The van der Waals surface area contributed by atoms with E-state index in [1.54, 1.807) is 12.4 Å². The summed E-state index contributed by atoms with van der Waals surface area (Å²) in [4.78, 5) is 21.7. The second kappa shape index (κ2) is 8.23. The standard InChI is InChI=1S/C21H28N4O2.ClH/c1-14(19-10-23-13-24-19)25-11-17-7-4-8-18(12-25)21(17,27-2)16-6-3-5-15(9-16)20(22)26;/h3,5-6,9-10,13-14,17-18H,4,7-8,11-12H2,1-2H3,(H2,22,26)(H,23,24);1H/t14-,17-,18+,21+;/m0./s1. The molecule has 1 aliphatic carbocycles. The van der Waals surface area contributed by atoms with Gasteiger partial charge in [0, 0.05) is 49.8 Å². The number of nitrogens with two attached hydrogens (primary N) is 1. The SMILES string of the molecule is CO[C@@]1(c2cccc(C(N)=O)c2)[C@@H]2CCC[C@H]1CN([C@@H](C)c1cnc[nH]1)C2.Cl. The third-order valence-corrected chi connectivity index (χ3v) is 6.68. The van der Waals surface area contributed by atoms with Crippen LogP contribution in [-0.4, -0.2) is 41.0 Å². The number of ether oxygens (including phenoxy) is 1. The van der Waals surface area contributed by atoms with Crippen LogP contribution in [0.4, 0.5) is 0 Å². The van der Waals surface area contributed by atoms with E-state index in [9.17, 15) is 4.79 Å². The zero-order valence-electron chi connectivity index (χ0n) is 16.4. The molecule has 0 radical (unpaired) electrons.